The van der Waals surface area contributed by atoms with Crippen molar-refractivity contribution in [3.8, 4) is 5.75 Å². The lowest BCUT2D eigenvalue weighted by atomic mass is 10.2. The van der Waals surface area contributed by atoms with Crippen molar-refractivity contribution < 1.29 is 9.47 Å². The summed E-state index contributed by atoms with van der Waals surface area (Å²) in [4.78, 5) is 0. The first-order valence-corrected chi connectivity index (χ1v) is 5.73. The Labute approximate surface area is 97.9 Å². The van der Waals surface area contributed by atoms with Gasteiger partial charge in [-0.15, -0.1) is 0 Å². The molecule has 0 bridgehead atoms. The quantitative estimate of drug-likeness (QED) is 0.680. The zero-order valence-electron chi connectivity index (χ0n) is 10.3. The average molecular weight is 220 g/mol. The lowest BCUT2D eigenvalue weighted by molar-refractivity contribution is 0.213. The van der Waals surface area contributed by atoms with Crippen LogP contribution in [0.1, 0.15) is 26.3 Å². The van der Waals surface area contributed by atoms with Gasteiger partial charge in [-0.3, -0.25) is 0 Å². The van der Waals surface area contributed by atoms with Crippen LogP contribution in [0.2, 0.25) is 0 Å². The number of rotatable bonds is 6. The molecule has 0 aliphatic carbocycles. The van der Waals surface area contributed by atoms with Crippen LogP contribution >= 0.6 is 0 Å². The third-order valence-electron chi connectivity index (χ3n) is 1.96. The van der Waals surface area contributed by atoms with Crippen molar-refractivity contribution in [1.29, 1.82) is 0 Å². The molecule has 0 saturated carbocycles. The minimum Gasteiger partial charge on any atom is -0.501 e. The molecule has 0 amide bonds. The first-order valence-electron chi connectivity index (χ1n) is 5.73. The van der Waals surface area contributed by atoms with Crippen LogP contribution in [0.4, 0.5) is 0 Å². The van der Waals surface area contributed by atoms with Crippen LogP contribution in [0.3, 0.4) is 0 Å². The molecular weight excluding hydrogens is 200 g/mol. The summed E-state index contributed by atoms with van der Waals surface area (Å²) in [6.45, 7) is 7.68. The molecule has 0 heterocycles. The number of ether oxygens (including phenoxy) is 2. The summed E-state index contributed by atoms with van der Waals surface area (Å²) in [5.74, 6) is 1.45. The van der Waals surface area contributed by atoms with Crippen LogP contribution in [0, 0.1) is 5.92 Å². The van der Waals surface area contributed by atoms with Crippen LogP contribution in [0.5, 0.6) is 5.75 Å². The summed E-state index contributed by atoms with van der Waals surface area (Å²) in [6.07, 6.45) is 3.69. The fourth-order valence-electron chi connectivity index (χ4n) is 1.25. The molecule has 16 heavy (non-hydrogen) atoms. The molecule has 0 aliphatic rings. The van der Waals surface area contributed by atoms with E-state index >= 15 is 0 Å². The summed E-state index contributed by atoms with van der Waals surface area (Å²) in [5.41, 5.74) is 1.09. The Morgan fingerprint density at radius 1 is 1.31 bits per heavy atom. The zero-order chi connectivity index (χ0) is 11.8. The van der Waals surface area contributed by atoms with Gasteiger partial charge in [0.15, 0.2) is 0 Å². The third kappa shape index (κ3) is 4.87. The smallest absolute Gasteiger partial charge is 0.119 e. The standard InChI is InChI=1S/C14H20O2/c1-4-16-14-7-5-6-13(10-14)8-9-15-11-12(2)3/h5-10,12H,4,11H2,1-3H3. The van der Waals surface area contributed by atoms with Gasteiger partial charge in [0.1, 0.15) is 5.75 Å². The predicted molar refractivity (Wildman–Crippen MR) is 67.4 cm³/mol. The molecule has 0 N–H and O–H groups in total. The number of hydrogen-bond acceptors (Lipinski definition) is 2. The highest BCUT2D eigenvalue weighted by Crippen LogP contribution is 2.14. The van der Waals surface area contributed by atoms with Crippen molar-refractivity contribution in [2.45, 2.75) is 20.8 Å². The van der Waals surface area contributed by atoms with Crippen molar-refractivity contribution in [1.82, 2.24) is 0 Å². The molecule has 0 fully saturated rings. The van der Waals surface area contributed by atoms with Gasteiger partial charge in [0.2, 0.25) is 0 Å². The molecule has 0 atom stereocenters. The lowest BCUT2D eigenvalue weighted by Gasteiger charge is -2.04. The van der Waals surface area contributed by atoms with Gasteiger partial charge in [0, 0.05) is 0 Å². The second-order valence-electron chi connectivity index (χ2n) is 4.04. The normalized spacial score (nSPS) is 11.0. The van der Waals surface area contributed by atoms with Crippen molar-refractivity contribution in [3.63, 3.8) is 0 Å². The van der Waals surface area contributed by atoms with Gasteiger partial charge in [0.25, 0.3) is 0 Å². The first-order chi connectivity index (χ1) is 7.72. The Morgan fingerprint density at radius 3 is 2.81 bits per heavy atom. The minimum absolute atomic E-state index is 0.555. The molecule has 1 rings (SSSR count). The SMILES string of the molecule is CCOc1cccc(C=COCC(C)C)c1. The van der Waals surface area contributed by atoms with Gasteiger partial charge in [-0.25, -0.2) is 0 Å². The number of hydrogen-bond donors (Lipinski definition) is 0. The predicted octanol–water partition coefficient (Wildman–Crippen LogP) is 3.73. The maximum Gasteiger partial charge on any atom is 0.119 e. The second kappa shape index (κ2) is 6.94. The largest absolute Gasteiger partial charge is 0.501 e. The van der Waals surface area contributed by atoms with Crippen LogP contribution in [-0.2, 0) is 4.74 Å². The lowest BCUT2D eigenvalue weighted by Crippen LogP contribution is -1.96. The number of benzene rings is 1. The van der Waals surface area contributed by atoms with E-state index in [2.05, 4.69) is 13.8 Å². The van der Waals surface area contributed by atoms with Crippen molar-refractivity contribution >= 4 is 6.08 Å². The topological polar surface area (TPSA) is 18.5 Å². The van der Waals surface area contributed by atoms with Crippen LogP contribution < -0.4 is 4.74 Å². The van der Waals surface area contributed by atoms with E-state index in [1.54, 1.807) is 6.26 Å². The Kier molecular flexibility index (Phi) is 5.48. The van der Waals surface area contributed by atoms with E-state index in [1.807, 2.05) is 37.3 Å². The van der Waals surface area contributed by atoms with Crippen molar-refractivity contribution in [3.05, 3.63) is 36.1 Å². The molecule has 88 valence electrons. The molecule has 0 spiro atoms. The maximum atomic E-state index is 5.42. The summed E-state index contributed by atoms with van der Waals surface area (Å²) in [5, 5.41) is 0. The Morgan fingerprint density at radius 2 is 2.12 bits per heavy atom. The molecule has 2 nitrogen and oxygen atoms in total. The fourth-order valence-corrected chi connectivity index (χ4v) is 1.25. The Balaban J connectivity index is 2.49. The van der Waals surface area contributed by atoms with Crippen molar-refractivity contribution in [2.75, 3.05) is 13.2 Å². The Hall–Kier alpha value is -1.44. The van der Waals surface area contributed by atoms with E-state index in [-0.39, 0.29) is 0 Å². The highest BCUT2D eigenvalue weighted by Gasteiger charge is 1.93. The van der Waals surface area contributed by atoms with Gasteiger partial charge < -0.3 is 9.47 Å². The second-order valence-corrected chi connectivity index (χ2v) is 4.04. The minimum atomic E-state index is 0.555. The van der Waals surface area contributed by atoms with E-state index in [1.165, 1.54) is 0 Å². The molecule has 0 aromatic heterocycles. The van der Waals surface area contributed by atoms with Gasteiger partial charge >= 0.3 is 0 Å². The molecule has 0 saturated heterocycles. The molecule has 0 unspecified atom stereocenters. The maximum absolute atomic E-state index is 5.42. The van der Waals surface area contributed by atoms with Gasteiger partial charge in [-0.1, -0.05) is 26.0 Å². The van der Waals surface area contributed by atoms with Gasteiger partial charge in [0.05, 0.1) is 19.5 Å². The van der Waals surface area contributed by atoms with E-state index in [4.69, 9.17) is 9.47 Å². The molecule has 0 aliphatic heterocycles. The van der Waals surface area contributed by atoms with Gasteiger partial charge in [-0.05, 0) is 36.6 Å². The fraction of sp³-hybridized carbons (Fsp3) is 0.429. The summed E-state index contributed by atoms with van der Waals surface area (Å²) in [6, 6.07) is 7.96. The highest BCUT2D eigenvalue weighted by molar-refractivity contribution is 5.50. The Bertz CT molecular complexity index is 329. The molecule has 1 aromatic carbocycles. The summed E-state index contributed by atoms with van der Waals surface area (Å²) in [7, 11) is 0. The monoisotopic (exact) mass is 220 g/mol. The van der Waals surface area contributed by atoms with Crippen LogP contribution in [-0.4, -0.2) is 13.2 Å². The zero-order valence-corrected chi connectivity index (χ0v) is 10.3. The van der Waals surface area contributed by atoms with Crippen molar-refractivity contribution in [2.24, 2.45) is 5.92 Å². The average Bonchev–Trinajstić information content (AvgIpc) is 2.25. The molecular formula is C14H20O2. The molecule has 0 radical (unpaired) electrons. The van der Waals surface area contributed by atoms with Gasteiger partial charge in [-0.2, -0.15) is 0 Å². The van der Waals surface area contributed by atoms with Crippen LogP contribution in [0.15, 0.2) is 30.5 Å². The van der Waals surface area contributed by atoms with Crippen LogP contribution in [0.25, 0.3) is 6.08 Å². The first kappa shape index (κ1) is 12.6. The molecule has 2 heteroatoms. The summed E-state index contributed by atoms with van der Waals surface area (Å²) < 4.78 is 10.8. The highest BCUT2D eigenvalue weighted by atomic mass is 16.5. The van der Waals surface area contributed by atoms with E-state index in [0.29, 0.717) is 12.5 Å². The van der Waals surface area contributed by atoms with E-state index < -0.39 is 0 Å². The third-order valence-corrected chi connectivity index (χ3v) is 1.96. The summed E-state index contributed by atoms with van der Waals surface area (Å²) >= 11 is 0. The van der Waals surface area contributed by atoms with E-state index in [0.717, 1.165) is 17.9 Å². The van der Waals surface area contributed by atoms with E-state index in [9.17, 15) is 0 Å². The molecule has 1 aromatic rings.